The molecule has 0 bridgehead atoms. The first-order valence-corrected chi connectivity index (χ1v) is 7.34. The molecular formula is C14H12BrN3O2. The normalized spacial score (nSPS) is 15.2. The lowest BCUT2D eigenvalue weighted by molar-refractivity contribution is 0.643. The first kappa shape index (κ1) is 12.1. The summed E-state index contributed by atoms with van der Waals surface area (Å²) >= 11 is 3.43. The van der Waals surface area contributed by atoms with Gasteiger partial charge >= 0.3 is 0 Å². The van der Waals surface area contributed by atoms with Crippen molar-refractivity contribution < 1.29 is 4.42 Å². The van der Waals surface area contributed by atoms with Gasteiger partial charge in [0.1, 0.15) is 16.9 Å². The lowest BCUT2D eigenvalue weighted by Gasteiger charge is -2.01. The third-order valence-corrected chi connectivity index (χ3v) is 3.96. The van der Waals surface area contributed by atoms with Crippen LogP contribution in [-0.4, -0.2) is 16.0 Å². The van der Waals surface area contributed by atoms with E-state index in [1.807, 2.05) is 18.2 Å². The summed E-state index contributed by atoms with van der Waals surface area (Å²) in [5.41, 5.74) is 1.36. The van der Waals surface area contributed by atoms with Crippen molar-refractivity contribution in [1.29, 1.82) is 0 Å². The zero-order chi connectivity index (χ0) is 13.7. The van der Waals surface area contributed by atoms with Crippen LogP contribution in [-0.2, 0) is 6.54 Å². The number of aromatic nitrogens is 2. The maximum Gasteiger partial charge on any atom is 0.294 e. The number of fused-ring (bicyclic) bond motifs is 3. The average molecular weight is 334 g/mol. The van der Waals surface area contributed by atoms with Gasteiger partial charge in [0, 0.05) is 15.9 Å². The molecule has 0 unspecified atom stereocenters. The first-order chi connectivity index (χ1) is 9.70. The molecule has 0 amide bonds. The second-order valence-electron chi connectivity index (χ2n) is 5.09. The molecule has 4 rings (SSSR count). The van der Waals surface area contributed by atoms with E-state index in [4.69, 9.17) is 4.42 Å². The number of halogens is 1. The van der Waals surface area contributed by atoms with Gasteiger partial charge in [0.2, 0.25) is 5.58 Å². The number of aromatic amines is 1. The molecule has 0 radical (unpaired) electrons. The predicted molar refractivity (Wildman–Crippen MR) is 79.7 cm³/mol. The molecule has 1 saturated carbocycles. The molecule has 1 fully saturated rings. The Bertz CT molecular complexity index is 864. The van der Waals surface area contributed by atoms with E-state index in [2.05, 4.69) is 31.2 Å². The predicted octanol–water partition coefficient (Wildman–Crippen LogP) is 2.68. The Morgan fingerprint density at radius 1 is 1.45 bits per heavy atom. The van der Waals surface area contributed by atoms with Gasteiger partial charge in [-0.1, -0.05) is 15.9 Å². The van der Waals surface area contributed by atoms with Crippen LogP contribution in [0.2, 0.25) is 0 Å². The maximum absolute atomic E-state index is 12.1. The molecule has 0 aliphatic heterocycles. The molecule has 0 spiro atoms. The van der Waals surface area contributed by atoms with Crippen LogP contribution in [0.15, 0.2) is 31.9 Å². The number of nitrogens with zero attached hydrogens (tertiary/aromatic N) is 1. The van der Waals surface area contributed by atoms with E-state index in [1.54, 1.807) is 0 Å². The van der Waals surface area contributed by atoms with Crippen molar-refractivity contribution >= 4 is 38.0 Å². The van der Waals surface area contributed by atoms with Gasteiger partial charge in [-0.25, -0.2) is 4.98 Å². The number of nitrogens with one attached hydrogen (secondary N) is 2. The third kappa shape index (κ3) is 2.05. The molecule has 3 aromatic rings. The number of rotatable bonds is 3. The molecule has 6 heteroatoms. The van der Waals surface area contributed by atoms with Crippen LogP contribution in [0, 0.1) is 0 Å². The van der Waals surface area contributed by atoms with Gasteiger partial charge in [0.25, 0.3) is 5.56 Å². The zero-order valence-electron chi connectivity index (χ0n) is 10.6. The number of furan rings is 1. The Morgan fingerprint density at radius 2 is 2.30 bits per heavy atom. The minimum atomic E-state index is -0.227. The quantitative estimate of drug-likeness (QED) is 0.773. The standard InChI is InChI=1S/C14H12BrN3O2/c15-7-1-4-10-9(5-7)12-13(20-10)14(19)18-11(17-12)6-16-8-2-3-8/h1,4-5,8,16H,2-3,6H2,(H,17,18,19). The maximum atomic E-state index is 12.1. The highest BCUT2D eigenvalue weighted by molar-refractivity contribution is 9.10. The smallest absolute Gasteiger partial charge is 0.294 e. The summed E-state index contributed by atoms with van der Waals surface area (Å²) in [6.07, 6.45) is 2.40. The molecule has 2 aromatic heterocycles. The van der Waals surface area contributed by atoms with Crippen LogP contribution in [0.25, 0.3) is 22.1 Å². The molecule has 102 valence electrons. The molecule has 5 nitrogen and oxygen atoms in total. The van der Waals surface area contributed by atoms with Crippen molar-refractivity contribution in [3.05, 3.63) is 38.9 Å². The third-order valence-electron chi connectivity index (χ3n) is 3.47. The van der Waals surface area contributed by atoms with Crippen LogP contribution in [0.3, 0.4) is 0 Å². The van der Waals surface area contributed by atoms with E-state index in [1.165, 1.54) is 12.8 Å². The highest BCUT2D eigenvalue weighted by Gasteiger charge is 2.21. The second kappa shape index (κ2) is 4.43. The fraction of sp³-hybridized carbons (Fsp3) is 0.286. The summed E-state index contributed by atoms with van der Waals surface area (Å²) < 4.78 is 6.52. The van der Waals surface area contributed by atoms with Crippen LogP contribution < -0.4 is 10.9 Å². The fourth-order valence-electron chi connectivity index (χ4n) is 2.28. The highest BCUT2D eigenvalue weighted by atomic mass is 79.9. The lowest BCUT2D eigenvalue weighted by atomic mass is 10.2. The topological polar surface area (TPSA) is 70.9 Å². The largest absolute Gasteiger partial charge is 0.449 e. The Hall–Kier alpha value is -1.66. The van der Waals surface area contributed by atoms with Gasteiger partial charge in [-0.2, -0.15) is 0 Å². The van der Waals surface area contributed by atoms with Gasteiger partial charge in [0.05, 0.1) is 6.54 Å². The summed E-state index contributed by atoms with van der Waals surface area (Å²) in [5, 5.41) is 4.20. The Balaban J connectivity index is 1.89. The summed E-state index contributed by atoms with van der Waals surface area (Å²) in [5.74, 6) is 0.650. The van der Waals surface area contributed by atoms with Crippen LogP contribution >= 0.6 is 15.9 Å². The second-order valence-corrected chi connectivity index (χ2v) is 6.00. The van der Waals surface area contributed by atoms with Gasteiger partial charge in [-0.05, 0) is 31.0 Å². The molecule has 0 saturated heterocycles. The summed E-state index contributed by atoms with van der Waals surface area (Å²) in [6.45, 7) is 0.580. The van der Waals surface area contributed by atoms with Gasteiger partial charge in [-0.3, -0.25) is 4.79 Å². The molecule has 2 N–H and O–H groups in total. The molecule has 0 atom stereocenters. The fourth-order valence-corrected chi connectivity index (χ4v) is 2.65. The zero-order valence-corrected chi connectivity index (χ0v) is 12.2. The van der Waals surface area contributed by atoms with Crippen LogP contribution in [0.5, 0.6) is 0 Å². The van der Waals surface area contributed by atoms with E-state index in [9.17, 15) is 4.79 Å². The first-order valence-electron chi connectivity index (χ1n) is 6.55. The van der Waals surface area contributed by atoms with E-state index >= 15 is 0 Å². The number of hydrogen-bond acceptors (Lipinski definition) is 4. The van der Waals surface area contributed by atoms with Crippen molar-refractivity contribution in [2.75, 3.05) is 0 Å². The van der Waals surface area contributed by atoms with E-state index in [-0.39, 0.29) is 11.1 Å². The molecular weight excluding hydrogens is 322 g/mol. The number of H-pyrrole nitrogens is 1. The van der Waals surface area contributed by atoms with Gasteiger partial charge in [0.15, 0.2) is 0 Å². The Morgan fingerprint density at radius 3 is 3.10 bits per heavy atom. The summed E-state index contributed by atoms with van der Waals surface area (Å²) in [7, 11) is 0. The minimum Gasteiger partial charge on any atom is -0.449 e. The van der Waals surface area contributed by atoms with Gasteiger partial charge in [-0.15, -0.1) is 0 Å². The molecule has 1 aliphatic rings. The van der Waals surface area contributed by atoms with Crippen molar-refractivity contribution in [3.63, 3.8) is 0 Å². The Kier molecular flexibility index (Phi) is 2.68. The highest BCUT2D eigenvalue weighted by Crippen LogP contribution is 2.27. The average Bonchev–Trinajstić information content (AvgIpc) is 3.19. The van der Waals surface area contributed by atoms with E-state index < -0.39 is 0 Å². The molecule has 2 heterocycles. The van der Waals surface area contributed by atoms with E-state index in [0.29, 0.717) is 29.5 Å². The van der Waals surface area contributed by atoms with Crippen molar-refractivity contribution in [2.24, 2.45) is 0 Å². The van der Waals surface area contributed by atoms with Crippen LogP contribution in [0.1, 0.15) is 18.7 Å². The minimum absolute atomic E-state index is 0.227. The van der Waals surface area contributed by atoms with Crippen molar-refractivity contribution in [2.45, 2.75) is 25.4 Å². The SMILES string of the molecule is O=c1[nH]c(CNC2CC2)nc2c1oc1ccc(Br)cc12. The molecule has 1 aliphatic carbocycles. The molecule has 1 aromatic carbocycles. The van der Waals surface area contributed by atoms with Crippen molar-refractivity contribution in [1.82, 2.24) is 15.3 Å². The summed E-state index contributed by atoms with van der Waals surface area (Å²) in [6, 6.07) is 6.22. The van der Waals surface area contributed by atoms with E-state index in [0.717, 1.165) is 9.86 Å². The number of hydrogen-bond donors (Lipinski definition) is 2. The van der Waals surface area contributed by atoms with Crippen LogP contribution in [0.4, 0.5) is 0 Å². The monoisotopic (exact) mass is 333 g/mol. The Labute approximate surface area is 122 Å². The molecule has 20 heavy (non-hydrogen) atoms. The lowest BCUT2D eigenvalue weighted by Crippen LogP contribution is -2.20. The number of benzene rings is 1. The summed E-state index contributed by atoms with van der Waals surface area (Å²) in [4.78, 5) is 19.4. The van der Waals surface area contributed by atoms with Crippen molar-refractivity contribution in [3.8, 4) is 0 Å². The van der Waals surface area contributed by atoms with Gasteiger partial charge < -0.3 is 14.7 Å².